The van der Waals surface area contributed by atoms with Crippen molar-refractivity contribution in [2.24, 2.45) is 10.9 Å². The summed E-state index contributed by atoms with van der Waals surface area (Å²) in [5, 5.41) is 13.0. The van der Waals surface area contributed by atoms with Crippen LogP contribution in [0.25, 0.3) is 0 Å². The van der Waals surface area contributed by atoms with Crippen LogP contribution in [-0.2, 0) is 11.3 Å². The Labute approximate surface area is 173 Å². The second-order valence-corrected chi connectivity index (χ2v) is 6.85. The molecule has 2 aliphatic heterocycles. The second kappa shape index (κ2) is 10.9. The van der Waals surface area contributed by atoms with Gasteiger partial charge in [0.2, 0.25) is 0 Å². The van der Waals surface area contributed by atoms with Crippen molar-refractivity contribution in [3.63, 3.8) is 0 Å². The minimum atomic E-state index is 0. The lowest BCUT2D eigenvalue weighted by molar-refractivity contribution is 0.0315. The van der Waals surface area contributed by atoms with Gasteiger partial charge in [-0.05, 0) is 37.0 Å². The first kappa shape index (κ1) is 21.2. The quantitative estimate of drug-likeness (QED) is 0.389. The van der Waals surface area contributed by atoms with E-state index in [0.717, 1.165) is 64.0 Å². The molecule has 1 aromatic rings. The molecule has 0 spiro atoms. The fourth-order valence-electron chi connectivity index (χ4n) is 3.57. The van der Waals surface area contributed by atoms with Crippen molar-refractivity contribution in [2.45, 2.75) is 19.9 Å². The Morgan fingerprint density at radius 1 is 1.31 bits per heavy atom. The Bertz CT molecular complexity index is 578. The lowest BCUT2D eigenvalue weighted by Crippen LogP contribution is -2.42. The first-order valence-electron chi connectivity index (χ1n) is 9.36. The summed E-state index contributed by atoms with van der Waals surface area (Å²) in [4.78, 5) is 9.67. The topological polar surface area (TPSA) is 60.3 Å². The predicted octanol–water partition coefficient (Wildman–Crippen LogP) is 2.13. The summed E-state index contributed by atoms with van der Waals surface area (Å²) in [5.41, 5.74) is 1.03. The minimum Gasteiger partial charge on any atom is -0.508 e. The van der Waals surface area contributed by atoms with Crippen molar-refractivity contribution in [3.05, 3.63) is 29.8 Å². The highest BCUT2D eigenvalue weighted by Crippen LogP contribution is 2.19. The number of halogens is 1. The molecule has 3 rings (SSSR count). The Morgan fingerprint density at radius 2 is 2.12 bits per heavy atom. The number of aromatic hydroxyl groups is 1. The molecule has 2 heterocycles. The van der Waals surface area contributed by atoms with E-state index in [9.17, 15) is 5.11 Å². The maximum Gasteiger partial charge on any atom is 0.194 e. The Balaban J connectivity index is 0.00000243. The number of likely N-dealkylation sites (tertiary alicyclic amines) is 1. The van der Waals surface area contributed by atoms with Crippen LogP contribution in [0.5, 0.6) is 5.75 Å². The SMILES string of the molecule is CCNC(=NCc1cccc(O)c1)N1CCC(CN2CCOCC2)C1.I. The average Bonchev–Trinajstić information content (AvgIpc) is 3.08. The lowest BCUT2D eigenvalue weighted by Gasteiger charge is -2.29. The third-order valence-electron chi connectivity index (χ3n) is 4.86. The van der Waals surface area contributed by atoms with E-state index in [2.05, 4.69) is 22.0 Å². The number of hydrogen-bond acceptors (Lipinski definition) is 4. The molecule has 6 nitrogen and oxygen atoms in total. The highest BCUT2D eigenvalue weighted by molar-refractivity contribution is 14.0. The van der Waals surface area contributed by atoms with E-state index in [-0.39, 0.29) is 24.0 Å². The Kier molecular flexibility index (Phi) is 8.94. The van der Waals surface area contributed by atoms with Crippen molar-refractivity contribution in [2.75, 3.05) is 52.5 Å². The number of nitrogens with one attached hydrogen (secondary N) is 1. The van der Waals surface area contributed by atoms with Crippen molar-refractivity contribution in [1.29, 1.82) is 0 Å². The van der Waals surface area contributed by atoms with Gasteiger partial charge >= 0.3 is 0 Å². The third-order valence-corrected chi connectivity index (χ3v) is 4.86. The number of benzene rings is 1. The average molecular weight is 474 g/mol. The van der Waals surface area contributed by atoms with Crippen LogP contribution in [0, 0.1) is 5.92 Å². The maximum atomic E-state index is 9.60. The van der Waals surface area contributed by atoms with Gasteiger partial charge in [-0.2, -0.15) is 0 Å². The number of aliphatic imine (C=N–C) groups is 1. The molecule has 7 heteroatoms. The Hall–Kier alpha value is -1.06. The van der Waals surface area contributed by atoms with Gasteiger partial charge < -0.3 is 20.1 Å². The summed E-state index contributed by atoms with van der Waals surface area (Å²) in [6.07, 6.45) is 1.22. The van der Waals surface area contributed by atoms with Crippen molar-refractivity contribution < 1.29 is 9.84 Å². The highest BCUT2D eigenvalue weighted by Gasteiger charge is 2.27. The number of morpholine rings is 1. The van der Waals surface area contributed by atoms with Gasteiger partial charge in [0, 0.05) is 39.3 Å². The maximum absolute atomic E-state index is 9.60. The molecular weight excluding hydrogens is 443 g/mol. The summed E-state index contributed by atoms with van der Waals surface area (Å²) < 4.78 is 5.44. The first-order valence-corrected chi connectivity index (χ1v) is 9.36. The van der Waals surface area contributed by atoms with Crippen LogP contribution in [0.4, 0.5) is 0 Å². The number of rotatable bonds is 5. The van der Waals surface area contributed by atoms with Gasteiger partial charge in [-0.15, -0.1) is 24.0 Å². The molecule has 2 aliphatic rings. The monoisotopic (exact) mass is 474 g/mol. The molecule has 0 amide bonds. The molecular formula is C19H31IN4O2. The smallest absolute Gasteiger partial charge is 0.194 e. The van der Waals surface area contributed by atoms with Crippen molar-refractivity contribution in [3.8, 4) is 5.75 Å². The molecule has 1 aromatic carbocycles. The van der Waals surface area contributed by atoms with Gasteiger partial charge in [-0.3, -0.25) is 4.90 Å². The van der Waals surface area contributed by atoms with Crippen LogP contribution in [0.15, 0.2) is 29.3 Å². The van der Waals surface area contributed by atoms with Crippen LogP contribution >= 0.6 is 24.0 Å². The normalized spacial score (nSPS) is 21.5. The van der Waals surface area contributed by atoms with E-state index in [1.165, 1.54) is 6.42 Å². The highest BCUT2D eigenvalue weighted by atomic mass is 127. The molecule has 0 bridgehead atoms. The molecule has 2 fully saturated rings. The van der Waals surface area contributed by atoms with E-state index in [4.69, 9.17) is 9.73 Å². The van der Waals surface area contributed by atoms with Gasteiger partial charge in [-0.1, -0.05) is 12.1 Å². The van der Waals surface area contributed by atoms with Gasteiger partial charge in [0.1, 0.15) is 5.75 Å². The fraction of sp³-hybridized carbons (Fsp3) is 0.632. The van der Waals surface area contributed by atoms with Crippen LogP contribution in [0.1, 0.15) is 18.9 Å². The summed E-state index contributed by atoms with van der Waals surface area (Å²) in [6.45, 7) is 10.7. The van der Waals surface area contributed by atoms with Gasteiger partial charge in [0.15, 0.2) is 5.96 Å². The zero-order valence-electron chi connectivity index (χ0n) is 15.6. The number of phenols is 1. The predicted molar refractivity (Wildman–Crippen MR) is 115 cm³/mol. The van der Waals surface area contributed by atoms with Crippen LogP contribution in [0.3, 0.4) is 0 Å². The van der Waals surface area contributed by atoms with E-state index in [1.807, 2.05) is 12.1 Å². The molecule has 0 radical (unpaired) electrons. The number of ether oxygens (including phenoxy) is 1. The van der Waals surface area contributed by atoms with Crippen molar-refractivity contribution in [1.82, 2.24) is 15.1 Å². The van der Waals surface area contributed by atoms with E-state index < -0.39 is 0 Å². The third kappa shape index (κ3) is 6.28. The lowest BCUT2D eigenvalue weighted by atomic mass is 10.1. The number of nitrogens with zero attached hydrogens (tertiary/aromatic N) is 3. The summed E-state index contributed by atoms with van der Waals surface area (Å²) in [6, 6.07) is 7.33. The Morgan fingerprint density at radius 3 is 2.85 bits per heavy atom. The molecule has 0 saturated carbocycles. The van der Waals surface area contributed by atoms with Crippen molar-refractivity contribution >= 4 is 29.9 Å². The van der Waals surface area contributed by atoms with Crippen LogP contribution < -0.4 is 5.32 Å². The standard InChI is InChI=1S/C19H30N4O2.HI/c1-2-20-19(21-13-16-4-3-5-18(24)12-16)23-7-6-17(15-23)14-22-8-10-25-11-9-22;/h3-5,12,17,24H,2,6-11,13-15H2,1H3,(H,20,21);1H. The molecule has 2 N–H and O–H groups in total. The fourth-order valence-corrected chi connectivity index (χ4v) is 3.57. The molecule has 2 saturated heterocycles. The number of guanidine groups is 1. The van der Waals surface area contributed by atoms with Gasteiger partial charge in [-0.25, -0.2) is 4.99 Å². The summed E-state index contributed by atoms with van der Waals surface area (Å²) in [5.74, 6) is 1.97. The second-order valence-electron chi connectivity index (χ2n) is 6.85. The molecule has 0 aliphatic carbocycles. The van der Waals surface area contributed by atoms with Crippen LogP contribution in [0.2, 0.25) is 0 Å². The van der Waals surface area contributed by atoms with E-state index in [0.29, 0.717) is 18.2 Å². The summed E-state index contributed by atoms with van der Waals surface area (Å²) in [7, 11) is 0. The molecule has 0 aromatic heterocycles. The van der Waals surface area contributed by atoms with Crippen LogP contribution in [-0.4, -0.2) is 73.3 Å². The number of hydrogen-bond donors (Lipinski definition) is 2. The van der Waals surface area contributed by atoms with E-state index in [1.54, 1.807) is 12.1 Å². The minimum absolute atomic E-state index is 0. The molecule has 26 heavy (non-hydrogen) atoms. The largest absolute Gasteiger partial charge is 0.508 e. The number of phenolic OH excluding ortho intramolecular Hbond substituents is 1. The molecule has 146 valence electrons. The first-order chi connectivity index (χ1) is 12.2. The van der Waals surface area contributed by atoms with E-state index >= 15 is 0 Å². The molecule has 1 atom stereocenters. The molecule has 1 unspecified atom stereocenters. The van der Waals surface area contributed by atoms with Gasteiger partial charge in [0.25, 0.3) is 0 Å². The summed E-state index contributed by atoms with van der Waals surface area (Å²) >= 11 is 0. The van der Waals surface area contributed by atoms with Gasteiger partial charge in [0.05, 0.1) is 19.8 Å². The zero-order valence-corrected chi connectivity index (χ0v) is 17.9. The zero-order chi connectivity index (χ0) is 17.5.